The van der Waals surface area contributed by atoms with Crippen molar-refractivity contribution in [1.29, 1.82) is 0 Å². The predicted molar refractivity (Wildman–Crippen MR) is 91.5 cm³/mol. The zero-order chi connectivity index (χ0) is 18.6. The minimum atomic E-state index is -0.692. The molecule has 7 nitrogen and oxygen atoms in total. The molecule has 0 aliphatic heterocycles. The Balaban J connectivity index is 2.29. The van der Waals surface area contributed by atoms with Gasteiger partial charge in [0.15, 0.2) is 17.3 Å². The first-order valence-corrected chi connectivity index (χ1v) is 7.42. The van der Waals surface area contributed by atoms with Gasteiger partial charge in [-0.2, -0.15) is 0 Å². The molecular weight excluding hydrogens is 326 g/mol. The van der Waals surface area contributed by atoms with Gasteiger partial charge in [0.1, 0.15) is 5.71 Å². The van der Waals surface area contributed by atoms with E-state index >= 15 is 0 Å². The third-order valence-electron chi connectivity index (χ3n) is 3.62. The number of allylic oxidation sites excluding steroid dienone is 4. The van der Waals surface area contributed by atoms with Gasteiger partial charge in [-0.25, -0.2) is 4.79 Å². The van der Waals surface area contributed by atoms with E-state index in [4.69, 9.17) is 19.0 Å². The first-order chi connectivity index (χ1) is 11.9. The van der Waals surface area contributed by atoms with Crippen LogP contribution in [0.1, 0.15) is 24.2 Å². The van der Waals surface area contributed by atoms with Crippen LogP contribution >= 0.6 is 0 Å². The standard InChI is InChI=1S/C18H19NO6/c1-10-7-14(20)11(2)6-13(10)19-25-18(21)12-8-15(22-3)17(24-5)16(9-12)23-4/h6-9H,1-5H3/b19-13+. The number of nitrogens with zero attached hydrogens (tertiary/aromatic N) is 1. The van der Waals surface area contributed by atoms with Gasteiger partial charge in [-0.05, 0) is 49.3 Å². The van der Waals surface area contributed by atoms with Crippen LogP contribution in [0.5, 0.6) is 17.2 Å². The summed E-state index contributed by atoms with van der Waals surface area (Å²) in [6, 6.07) is 2.94. The smallest absolute Gasteiger partial charge is 0.366 e. The summed E-state index contributed by atoms with van der Waals surface area (Å²) >= 11 is 0. The summed E-state index contributed by atoms with van der Waals surface area (Å²) in [4.78, 5) is 28.8. The molecule has 0 spiro atoms. The molecule has 1 aliphatic rings. The third-order valence-corrected chi connectivity index (χ3v) is 3.62. The molecule has 7 heteroatoms. The zero-order valence-corrected chi connectivity index (χ0v) is 14.7. The Labute approximate surface area is 145 Å². The van der Waals surface area contributed by atoms with Crippen molar-refractivity contribution in [2.45, 2.75) is 13.8 Å². The minimum absolute atomic E-state index is 0.0904. The fourth-order valence-electron chi connectivity index (χ4n) is 2.22. The lowest BCUT2D eigenvalue weighted by molar-refractivity contribution is -0.111. The largest absolute Gasteiger partial charge is 0.493 e. The number of rotatable bonds is 5. The van der Waals surface area contributed by atoms with E-state index in [0.29, 0.717) is 34.1 Å². The maximum atomic E-state index is 12.3. The third kappa shape index (κ3) is 3.88. The van der Waals surface area contributed by atoms with Crippen molar-refractivity contribution in [3.8, 4) is 17.2 Å². The summed E-state index contributed by atoms with van der Waals surface area (Å²) in [5.41, 5.74) is 1.74. The van der Waals surface area contributed by atoms with Crippen molar-refractivity contribution in [3.63, 3.8) is 0 Å². The average molecular weight is 345 g/mol. The first-order valence-electron chi connectivity index (χ1n) is 7.42. The van der Waals surface area contributed by atoms with Crippen molar-refractivity contribution in [2.75, 3.05) is 21.3 Å². The van der Waals surface area contributed by atoms with Gasteiger partial charge < -0.3 is 19.0 Å². The van der Waals surface area contributed by atoms with Gasteiger partial charge >= 0.3 is 5.97 Å². The van der Waals surface area contributed by atoms with Gasteiger partial charge in [-0.3, -0.25) is 4.79 Å². The number of oxime groups is 1. The first kappa shape index (κ1) is 18.3. The Morgan fingerprint density at radius 1 is 0.920 bits per heavy atom. The summed E-state index contributed by atoms with van der Waals surface area (Å²) in [5, 5.41) is 3.84. The van der Waals surface area contributed by atoms with Gasteiger partial charge in [-0.15, -0.1) is 0 Å². The van der Waals surface area contributed by atoms with E-state index in [2.05, 4.69) is 5.16 Å². The molecule has 0 unspecified atom stereocenters. The average Bonchev–Trinajstić information content (AvgIpc) is 2.61. The Kier molecular flexibility index (Phi) is 5.59. The lowest BCUT2D eigenvalue weighted by Crippen LogP contribution is -2.12. The van der Waals surface area contributed by atoms with Crippen molar-refractivity contribution in [2.24, 2.45) is 5.16 Å². The summed E-state index contributed by atoms with van der Waals surface area (Å²) < 4.78 is 15.6. The quantitative estimate of drug-likeness (QED) is 0.463. The molecule has 25 heavy (non-hydrogen) atoms. The normalized spacial score (nSPS) is 15.4. The number of hydrogen-bond acceptors (Lipinski definition) is 7. The van der Waals surface area contributed by atoms with E-state index in [1.807, 2.05) is 0 Å². The fourth-order valence-corrected chi connectivity index (χ4v) is 2.22. The van der Waals surface area contributed by atoms with Gasteiger partial charge in [-0.1, -0.05) is 5.16 Å². The second kappa shape index (κ2) is 7.65. The van der Waals surface area contributed by atoms with E-state index in [0.717, 1.165) is 0 Å². The van der Waals surface area contributed by atoms with E-state index in [9.17, 15) is 9.59 Å². The topological polar surface area (TPSA) is 83.4 Å². The van der Waals surface area contributed by atoms with Crippen LogP contribution in [0.2, 0.25) is 0 Å². The highest BCUT2D eigenvalue weighted by atomic mass is 16.7. The van der Waals surface area contributed by atoms with Gasteiger partial charge in [0, 0.05) is 0 Å². The number of benzene rings is 1. The zero-order valence-electron chi connectivity index (χ0n) is 14.7. The van der Waals surface area contributed by atoms with Crippen LogP contribution in [0.15, 0.2) is 40.6 Å². The van der Waals surface area contributed by atoms with E-state index in [-0.39, 0.29) is 11.3 Å². The highest BCUT2D eigenvalue weighted by molar-refractivity contribution is 6.21. The number of carbonyl (C=O) groups excluding carboxylic acids is 2. The molecule has 0 amide bonds. The van der Waals surface area contributed by atoms with E-state index in [1.165, 1.54) is 39.5 Å². The van der Waals surface area contributed by atoms with Crippen molar-refractivity contribution < 1.29 is 28.6 Å². The maximum absolute atomic E-state index is 12.3. The van der Waals surface area contributed by atoms with Crippen molar-refractivity contribution in [3.05, 3.63) is 41.0 Å². The molecular formula is C18H19NO6. The number of ketones is 1. The second-order valence-electron chi connectivity index (χ2n) is 5.29. The Hall–Kier alpha value is -3.09. The van der Waals surface area contributed by atoms with E-state index in [1.54, 1.807) is 19.9 Å². The van der Waals surface area contributed by atoms with Crippen LogP contribution < -0.4 is 14.2 Å². The van der Waals surface area contributed by atoms with Gasteiger partial charge in [0.25, 0.3) is 0 Å². The van der Waals surface area contributed by atoms with E-state index < -0.39 is 5.97 Å². The van der Waals surface area contributed by atoms with Crippen LogP contribution in [0.25, 0.3) is 0 Å². The molecule has 0 heterocycles. The molecule has 0 saturated heterocycles. The maximum Gasteiger partial charge on any atom is 0.366 e. The number of methoxy groups -OCH3 is 3. The Morgan fingerprint density at radius 2 is 1.52 bits per heavy atom. The highest BCUT2D eigenvalue weighted by Gasteiger charge is 2.19. The van der Waals surface area contributed by atoms with Crippen molar-refractivity contribution in [1.82, 2.24) is 0 Å². The predicted octanol–water partition coefficient (Wildman–Crippen LogP) is 2.70. The van der Waals surface area contributed by atoms with Crippen LogP contribution in [-0.4, -0.2) is 38.8 Å². The molecule has 0 aromatic heterocycles. The van der Waals surface area contributed by atoms with Crippen LogP contribution in [0.4, 0.5) is 0 Å². The monoisotopic (exact) mass is 345 g/mol. The molecule has 1 aromatic rings. The SMILES string of the molecule is COc1cc(C(=O)O/N=C2\C=C(C)C(=O)C=C2C)cc(OC)c1OC. The van der Waals surface area contributed by atoms with Crippen LogP contribution in [0.3, 0.4) is 0 Å². The molecule has 2 rings (SSSR count). The Bertz CT molecular complexity index is 779. The number of hydrogen-bond donors (Lipinski definition) is 0. The molecule has 0 saturated carbocycles. The molecule has 132 valence electrons. The lowest BCUT2D eigenvalue weighted by Gasteiger charge is -2.13. The summed E-state index contributed by atoms with van der Waals surface area (Å²) in [7, 11) is 4.37. The highest BCUT2D eigenvalue weighted by Crippen LogP contribution is 2.38. The fraction of sp³-hybridized carbons (Fsp3) is 0.278. The molecule has 1 aliphatic carbocycles. The molecule has 0 N–H and O–H groups in total. The molecule has 0 atom stereocenters. The van der Waals surface area contributed by atoms with Gasteiger partial charge in [0.05, 0.1) is 26.9 Å². The van der Waals surface area contributed by atoms with Crippen LogP contribution in [-0.2, 0) is 9.63 Å². The minimum Gasteiger partial charge on any atom is -0.493 e. The molecule has 0 bridgehead atoms. The number of ether oxygens (including phenoxy) is 3. The van der Waals surface area contributed by atoms with Gasteiger partial charge in [0.2, 0.25) is 5.75 Å². The molecule has 0 radical (unpaired) electrons. The summed E-state index contributed by atoms with van der Waals surface area (Å²) in [6.45, 7) is 3.38. The van der Waals surface area contributed by atoms with Crippen LogP contribution in [0, 0.1) is 0 Å². The molecule has 0 fully saturated rings. The van der Waals surface area contributed by atoms with Crippen molar-refractivity contribution >= 4 is 17.5 Å². The summed E-state index contributed by atoms with van der Waals surface area (Å²) in [5.74, 6) is 0.249. The molecule has 1 aromatic carbocycles. The Morgan fingerprint density at radius 3 is 2.04 bits per heavy atom. The number of carbonyl (C=O) groups is 2. The second-order valence-corrected chi connectivity index (χ2v) is 5.29. The summed E-state index contributed by atoms with van der Waals surface area (Å²) in [6.07, 6.45) is 3.02. The lowest BCUT2D eigenvalue weighted by atomic mass is 9.99.